The van der Waals surface area contributed by atoms with Crippen LogP contribution in [0.3, 0.4) is 0 Å². The standard InChI is InChI=1S/C37H67N4P/c1-10-22-23(11-2)31-19-33-25(13-4)27(15-6)35-21-37-29(17-8)28(16-7)36-20-34-26(14-5)24(12-3)32(18-30(22)38(31)9)39(34)42(40(33)35)41(36)37/h22-37H,10-21H2,1-9H3. The average Bonchev–Trinajstić information content (AvgIpc) is 3.67. The minimum atomic E-state index is -0.380. The lowest BCUT2D eigenvalue weighted by Gasteiger charge is -2.60. The van der Waals surface area contributed by atoms with Crippen molar-refractivity contribution in [2.45, 2.75) is 181 Å². The van der Waals surface area contributed by atoms with E-state index in [0.717, 1.165) is 95.7 Å². The van der Waals surface area contributed by atoms with Gasteiger partial charge in [0.2, 0.25) is 0 Å². The third kappa shape index (κ3) is 4.02. The lowest BCUT2D eigenvalue weighted by Crippen LogP contribution is -2.60. The number of rotatable bonds is 8. The van der Waals surface area contributed by atoms with Crippen LogP contribution in [-0.2, 0) is 0 Å². The maximum absolute atomic E-state index is 3.38. The highest BCUT2D eigenvalue weighted by Crippen LogP contribution is 2.74. The van der Waals surface area contributed by atoms with Crippen molar-refractivity contribution in [3.63, 3.8) is 0 Å². The van der Waals surface area contributed by atoms with Crippen LogP contribution in [0, 0.1) is 47.3 Å². The van der Waals surface area contributed by atoms with Gasteiger partial charge in [0, 0.05) is 48.3 Å². The van der Waals surface area contributed by atoms with Gasteiger partial charge in [-0.2, -0.15) is 0 Å². The fourth-order valence-electron chi connectivity index (χ4n) is 14.2. The zero-order valence-corrected chi connectivity index (χ0v) is 29.9. The summed E-state index contributed by atoms with van der Waals surface area (Å²) < 4.78 is 10.1. The highest BCUT2D eigenvalue weighted by molar-refractivity contribution is 7.50. The van der Waals surface area contributed by atoms with Gasteiger partial charge in [-0.1, -0.05) is 107 Å². The van der Waals surface area contributed by atoms with Crippen molar-refractivity contribution in [1.29, 1.82) is 0 Å². The smallest absolute Gasteiger partial charge is 0.121 e. The minimum Gasteiger partial charge on any atom is -0.300 e. The number of hydrogen-bond donors (Lipinski definition) is 0. The first-order chi connectivity index (χ1) is 20.4. The topological polar surface area (TPSA) is 13.0 Å². The van der Waals surface area contributed by atoms with E-state index in [0.29, 0.717) is 0 Å². The predicted octanol–water partition coefficient (Wildman–Crippen LogP) is 8.87. The molecule has 7 aliphatic heterocycles. The summed E-state index contributed by atoms with van der Waals surface area (Å²) in [4.78, 5) is 3.01. The molecule has 7 saturated heterocycles. The molecular formula is C37H67N4P. The molecule has 16 unspecified atom stereocenters. The average molecular weight is 599 g/mol. The first-order valence-corrected chi connectivity index (χ1v) is 20.5. The maximum Gasteiger partial charge on any atom is 0.121 e. The van der Waals surface area contributed by atoms with Crippen LogP contribution in [0.5, 0.6) is 0 Å². The van der Waals surface area contributed by atoms with E-state index in [1.54, 1.807) is 0 Å². The third-order valence-corrected chi connectivity index (χ3v) is 18.6. The molecule has 16 atom stereocenters. The van der Waals surface area contributed by atoms with E-state index in [4.69, 9.17) is 0 Å². The van der Waals surface area contributed by atoms with Crippen LogP contribution in [0.1, 0.15) is 132 Å². The van der Waals surface area contributed by atoms with Crippen molar-refractivity contribution < 1.29 is 0 Å². The second-order valence-electron chi connectivity index (χ2n) is 16.1. The monoisotopic (exact) mass is 599 g/mol. The lowest BCUT2D eigenvalue weighted by atomic mass is 9.74. The molecule has 240 valence electrons. The number of nitrogens with zero attached hydrogens (tertiary/aromatic N) is 4. The van der Waals surface area contributed by atoms with E-state index in [1.807, 2.05) is 0 Å². The number of hydrogen-bond acceptors (Lipinski definition) is 4. The maximum atomic E-state index is 3.38. The first-order valence-electron chi connectivity index (χ1n) is 19.3. The highest BCUT2D eigenvalue weighted by atomic mass is 31.2. The Balaban J connectivity index is 1.44. The van der Waals surface area contributed by atoms with Crippen molar-refractivity contribution in [2.75, 3.05) is 7.05 Å². The first kappa shape index (κ1) is 30.9. The Bertz CT molecular complexity index is 888. The molecule has 0 spiro atoms. The second-order valence-corrected chi connectivity index (χ2v) is 18.1. The Hall–Kier alpha value is 0.270. The molecule has 4 nitrogen and oxygen atoms in total. The van der Waals surface area contributed by atoms with Gasteiger partial charge in [0.15, 0.2) is 0 Å². The van der Waals surface area contributed by atoms with E-state index in [9.17, 15) is 0 Å². The zero-order chi connectivity index (χ0) is 29.6. The van der Waals surface area contributed by atoms with Crippen LogP contribution in [0.4, 0.5) is 0 Å². The summed E-state index contributed by atoms with van der Waals surface area (Å²) in [6.45, 7) is 20.5. The normalized spacial score (nSPS) is 54.1. The van der Waals surface area contributed by atoms with Crippen molar-refractivity contribution >= 4 is 8.37 Å². The molecule has 0 aromatic heterocycles. The summed E-state index contributed by atoms with van der Waals surface area (Å²) in [6.07, 6.45) is 17.0. The lowest BCUT2D eigenvalue weighted by molar-refractivity contribution is 0.0727. The molecule has 0 radical (unpaired) electrons. The molecule has 0 N–H and O–H groups in total. The third-order valence-electron chi connectivity index (χ3n) is 15.6. The van der Waals surface area contributed by atoms with Crippen LogP contribution in [-0.4, -0.2) is 74.3 Å². The van der Waals surface area contributed by atoms with Crippen LogP contribution in [0.15, 0.2) is 0 Å². The largest absolute Gasteiger partial charge is 0.300 e. The molecular weight excluding hydrogens is 531 g/mol. The molecule has 0 aromatic carbocycles. The molecule has 5 heteroatoms. The SMILES string of the molecule is CCC1C(CC)C2CC3C(CC)C(CC)C4CC5C(CC)C(CC)C6CC7C(CC)C(CC)C(CC1N2C)N7P(N34)N65. The Kier molecular flexibility index (Phi) is 8.69. The molecule has 7 heterocycles. The van der Waals surface area contributed by atoms with Crippen molar-refractivity contribution in [2.24, 2.45) is 47.3 Å². The van der Waals surface area contributed by atoms with Gasteiger partial charge in [-0.25, -0.2) is 0 Å². The Morgan fingerprint density at radius 1 is 0.357 bits per heavy atom. The van der Waals surface area contributed by atoms with Gasteiger partial charge in [0.25, 0.3) is 0 Å². The predicted molar refractivity (Wildman–Crippen MR) is 179 cm³/mol. The summed E-state index contributed by atoms with van der Waals surface area (Å²) in [5.41, 5.74) is 0. The van der Waals surface area contributed by atoms with Gasteiger partial charge in [-0.15, -0.1) is 0 Å². The molecule has 7 rings (SSSR count). The molecule has 0 amide bonds. The molecule has 0 saturated carbocycles. The Morgan fingerprint density at radius 2 is 0.548 bits per heavy atom. The van der Waals surface area contributed by atoms with Crippen LogP contribution < -0.4 is 0 Å². The van der Waals surface area contributed by atoms with Crippen molar-refractivity contribution in [1.82, 2.24) is 18.9 Å². The fourth-order valence-corrected chi connectivity index (χ4v) is 18.1. The van der Waals surface area contributed by atoms with Gasteiger partial charge in [0.05, 0.1) is 0 Å². The van der Waals surface area contributed by atoms with Crippen LogP contribution in [0.2, 0.25) is 0 Å². The van der Waals surface area contributed by atoms with Gasteiger partial charge in [-0.05, 0) is 80.1 Å². The number of fused-ring (bicyclic) bond motifs is 2. The minimum absolute atomic E-state index is 0.380. The van der Waals surface area contributed by atoms with E-state index in [2.05, 4.69) is 81.3 Å². The van der Waals surface area contributed by atoms with Gasteiger partial charge in [-0.3, -0.25) is 18.9 Å². The van der Waals surface area contributed by atoms with Gasteiger partial charge >= 0.3 is 0 Å². The molecule has 7 aliphatic rings. The zero-order valence-electron chi connectivity index (χ0n) is 29.0. The molecule has 42 heavy (non-hydrogen) atoms. The van der Waals surface area contributed by atoms with E-state index < -0.39 is 0 Å². The van der Waals surface area contributed by atoms with E-state index in [-0.39, 0.29) is 8.37 Å². The second kappa shape index (κ2) is 11.8. The van der Waals surface area contributed by atoms with Crippen LogP contribution in [0.25, 0.3) is 0 Å². The molecule has 2 bridgehead atoms. The Labute approximate surface area is 262 Å². The summed E-state index contributed by atoms with van der Waals surface area (Å²) in [7, 11) is 2.21. The van der Waals surface area contributed by atoms with Crippen molar-refractivity contribution in [3.05, 3.63) is 0 Å². The quantitative estimate of drug-likeness (QED) is 0.259. The molecule has 0 aliphatic carbocycles. The highest BCUT2D eigenvalue weighted by Gasteiger charge is 2.69. The fraction of sp³-hybridized carbons (Fsp3) is 1.00. The molecule has 0 aromatic rings. The van der Waals surface area contributed by atoms with E-state index in [1.165, 1.54) is 77.0 Å². The van der Waals surface area contributed by atoms with E-state index >= 15 is 0 Å². The van der Waals surface area contributed by atoms with Gasteiger partial charge in [0.1, 0.15) is 8.37 Å². The summed E-state index contributed by atoms with van der Waals surface area (Å²) >= 11 is 0. The van der Waals surface area contributed by atoms with Crippen molar-refractivity contribution in [3.8, 4) is 0 Å². The summed E-state index contributed by atoms with van der Waals surface area (Å²) in [6, 6.07) is 6.48. The Morgan fingerprint density at radius 3 is 0.762 bits per heavy atom. The molecule has 7 fully saturated rings. The van der Waals surface area contributed by atoms with Gasteiger partial charge < -0.3 is 0 Å². The van der Waals surface area contributed by atoms with Crippen LogP contribution >= 0.6 is 8.37 Å². The summed E-state index contributed by atoms with van der Waals surface area (Å²) in [5, 5.41) is 0. The summed E-state index contributed by atoms with van der Waals surface area (Å²) in [5.74, 6) is 7.19.